The molecule has 0 saturated carbocycles. The Bertz CT molecular complexity index is 596. The fourth-order valence-electron chi connectivity index (χ4n) is 4.12. The maximum Gasteiger partial charge on any atom is 0.225 e. The zero-order valence-corrected chi connectivity index (χ0v) is 15.3. The first-order valence-electron chi connectivity index (χ1n) is 9.43. The predicted octanol–water partition coefficient (Wildman–Crippen LogP) is 2.20. The summed E-state index contributed by atoms with van der Waals surface area (Å²) >= 11 is 0. The van der Waals surface area contributed by atoms with E-state index in [1.807, 2.05) is 42.2 Å². The van der Waals surface area contributed by atoms with Gasteiger partial charge in [-0.1, -0.05) is 30.3 Å². The maximum absolute atomic E-state index is 13.0. The summed E-state index contributed by atoms with van der Waals surface area (Å²) in [5.74, 6) is 0.0914. The van der Waals surface area contributed by atoms with Gasteiger partial charge in [0.2, 0.25) is 11.8 Å². The van der Waals surface area contributed by atoms with Crippen molar-refractivity contribution in [3.05, 3.63) is 35.9 Å². The van der Waals surface area contributed by atoms with Crippen LogP contribution in [0.3, 0.4) is 0 Å². The molecule has 2 heterocycles. The van der Waals surface area contributed by atoms with E-state index in [1.165, 1.54) is 0 Å². The monoisotopic (exact) mass is 343 g/mol. The number of amides is 2. The summed E-state index contributed by atoms with van der Waals surface area (Å²) in [5, 5.41) is 3.26. The average Bonchev–Trinajstić information content (AvgIpc) is 2.64. The number of hydrogen-bond acceptors (Lipinski definition) is 3. The van der Waals surface area contributed by atoms with Crippen molar-refractivity contribution < 1.29 is 9.59 Å². The highest BCUT2D eigenvalue weighted by atomic mass is 16.2. The molecule has 1 aromatic carbocycles. The van der Waals surface area contributed by atoms with Crippen LogP contribution in [0.1, 0.15) is 44.2 Å². The summed E-state index contributed by atoms with van der Waals surface area (Å²) in [7, 11) is 2.12. The smallest absolute Gasteiger partial charge is 0.225 e. The van der Waals surface area contributed by atoms with E-state index in [2.05, 4.69) is 17.3 Å². The van der Waals surface area contributed by atoms with Crippen molar-refractivity contribution in [3.8, 4) is 0 Å². The van der Waals surface area contributed by atoms with Gasteiger partial charge in [-0.05, 0) is 51.9 Å². The van der Waals surface area contributed by atoms with Crippen LogP contribution in [0, 0.1) is 5.92 Å². The molecule has 2 aliphatic rings. The Morgan fingerprint density at radius 1 is 1.16 bits per heavy atom. The van der Waals surface area contributed by atoms with Gasteiger partial charge < -0.3 is 15.1 Å². The Morgan fingerprint density at radius 2 is 1.84 bits per heavy atom. The minimum absolute atomic E-state index is 0.106. The molecule has 0 radical (unpaired) electrons. The van der Waals surface area contributed by atoms with Crippen molar-refractivity contribution in [1.29, 1.82) is 0 Å². The van der Waals surface area contributed by atoms with Crippen LogP contribution in [0.2, 0.25) is 0 Å². The van der Waals surface area contributed by atoms with Crippen LogP contribution in [0.15, 0.2) is 30.3 Å². The second-order valence-electron chi connectivity index (χ2n) is 7.27. The van der Waals surface area contributed by atoms with Gasteiger partial charge in [-0.25, -0.2) is 0 Å². The third-order valence-electron chi connectivity index (χ3n) is 5.59. The summed E-state index contributed by atoms with van der Waals surface area (Å²) in [5.41, 5.74) is 1.06. The third kappa shape index (κ3) is 4.03. The molecule has 3 rings (SSSR count). The average molecular weight is 343 g/mol. The summed E-state index contributed by atoms with van der Waals surface area (Å²) in [6.45, 7) is 4.68. The molecule has 25 heavy (non-hydrogen) atoms. The Balaban J connectivity index is 1.77. The Labute approximate surface area is 150 Å². The number of carbonyl (C=O) groups excluding carboxylic acids is 2. The van der Waals surface area contributed by atoms with Crippen LogP contribution in [-0.4, -0.2) is 54.3 Å². The van der Waals surface area contributed by atoms with Gasteiger partial charge in [0.1, 0.15) is 0 Å². The minimum Gasteiger partial charge on any atom is -0.353 e. The summed E-state index contributed by atoms with van der Waals surface area (Å²) in [6, 6.07) is 10.1. The van der Waals surface area contributed by atoms with Gasteiger partial charge in [-0.2, -0.15) is 0 Å². The molecule has 0 aliphatic carbocycles. The van der Waals surface area contributed by atoms with E-state index >= 15 is 0 Å². The second-order valence-corrected chi connectivity index (χ2v) is 7.27. The Kier molecular flexibility index (Phi) is 5.74. The topological polar surface area (TPSA) is 52.7 Å². The number of nitrogens with one attached hydrogen (secondary N) is 1. The second kappa shape index (κ2) is 8.00. The van der Waals surface area contributed by atoms with Crippen molar-refractivity contribution in [2.75, 3.05) is 26.7 Å². The van der Waals surface area contributed by atoms with Crippen molar-refractivity contribution in [2.24, 2.45) is 5.92 Å². The third-order valence-corrected chi connectivity index (χ3v) is 5.59. The molecule has 5 heteroatoms. The van der Waals surface area contributed by atoms with E-state index in [4.69, 9.17) is 0 Å². The van der Waals surface area contributed by atoms with Crippen LogP contribution in [0.4, 0.5) is 0 Å². The van der Waals surface area contributed by atoms with Crippen molar-refractivity contribution >= 4 is 11.8 Å². The molecule has 2 saturated heterocycles. The SMILES string of the molecule is CCN1C(=O)CC[C@@H](C(=O)NC2CCN(C)CC2)[C@@H]1c1ccccc1. The predicted molar refractivity (Wildman–Crippen MR) is 98.0 cm³/mol. The van der Waals surface area contributed by atoms with E-state index in [-0.39, 0.29) is 29.8 Å². The number of nitrogens with zero attached hydrogens (tertiary/aromatic N) is 2. The summed E-state index contributed by atoms with van der Waals surface area (Å²) < 4.78 is 0. The zero-order valence-electron chi connectivity index (χ0n) is 15.3. The zero-order chi connectivity index (χ0) is 17.8. The number of carbonyl (C=O) groups is 2. The first-order valence-corrected chi connectivity index (χ1v) is 9.43. The molecular weight excluding hydrogens is 314 g/mol. The molecule has 0 unspecified atom stereocenters. The van der Waals surface area contributed by atoms with Gasteiger partial charge in [0.05, 0.1) is 12.0 Å². The van der Waals surface area contributed by atoms with Crippen LogP contribution in [-0.2, 0) is 9.59 Å². The number of likely N-dealkylation sites (tertiary alicyclic amines) is 2. The van der Waals surface area contributed by atoms with Gasteiger partial charge in [0.25, 0.3) is 0 Å². The minimum atomic E-state index is -0.167. The van der Waals surface area contributed by atoms with E-state index in [1.54, 1.807) is 0 Å². The molecule has 2 fully saturated rings. The Hall–Kier alpha value is -1.88. The lowest BCUT2D eigenvalue weighted by Crippen LogP contribution is -2.51. The molecule has 136 valence electrons. The molecular formula is C20H29N3O2. The van der Waals surface area contributed by atoms with Crippen LogP contribution in [0.5, 0.6) is 0 Å². The Morgan fingerprint density at radius 3 is 2.48 bits per heavy atom. The molecule has 2 aliphatic heterocycles. The highest BCUT2D eigenvalue weighted by molar-refractivity contribution is 5.85. The van der Waals surface area contributed by atoms with Crippen molar-refractivity contribution in [1.82, 2.24) is 15.1 Å². The van der Waals surface area contributed by atoms with E-state index in [0.717, 1.165) is 31.5 Å². The molecule has 2 amide bonds. The first-order chi connectivity index (χ1) is 12.1. The van der Waals surface area contributed by atoms with E-state index in [0.29, 0.717) is 19.4 Å². The fraction of sp³-hybridized carbons (Fsp3) is 0.600. The molecule has 0 spiro atoms. The summed E-state index contributed by atoms with van der Waals surface area (Å²) in [6.07, 6.45) is 3.10. The van der Waals surface area contributed by atoms with Gasteiger partial charge in [-0.3, -0.25) is 9.59 Å². The fourth-order valence-corrected chi connectivity index (χ4v) is 4.12. The quantitative estimate of drug-likeness (QED) is 0.912. The van der Waals surface area contributed by atoms with E-state index < -0.39 is 0 Å². The molecule has 5 nitrogen and oxygen atoms in total. The standard InChI is InChI=1S/C20H29N3O2/c1-3-23-18(24)10-9-17(19(23)15-7-5-4-6-8-15)20(25)21-16-11-13-22(2)14-12-16/h4-8,16-17,19H,3,9-14H2,1-2H3,(H,21,25)/t17-,19+/m1/s1. The van der Waals surface area contributed by atoms with E-state index in [9.17, 15) is 9.59 Å². The highest BCUT2D eigenvalue weighted by Gasteiger charge is 2.40. The lowest BCUT2D eigenvalue weighted by Gasteiger charge is -2.41. The highest BCUT2D eigenvalue weighted by Crippen LogP contribution is 2.36. The number of rotatable bonds is 4. The largest absolute Gasteiger partial charge is 0.353 e. The van der Waals surface area contributed by atoms with Gasteiger partial charge >= 0.3 is 0 Å². The van der Waals surface area contributed by atoms with Crippen LogP contribution < -0.4 is 5.32 Å². The van der Waals surface area contributed by atoms with Crippen LogP contribution in [0.25, 0.3) is 0 Å². The van der Waals surface area contributed by atoms with Crippen molar-refractivity contribution in [2.45, 2.75) is 44.7 Å². The van der Waals surface area contributed by atoms with Crippen molar-refractivity contribution in [3.63, 3.8) is 0 Å². The lowest BCUT2D eigenvalue weighted by atomic mass is 9.83. The number of hydrogen-bond donors (Lipinski definition) is 1. The number of piperidine rings is 2. The summed E-state index contributed by atoms with van der Waals surface area (Å²) in [4.78, 5) is 29.6. The van der Waals surface area contributed by atoms with Gasteiger partial charge in [0, 0.05) is 19.0 Å². The number of benzene rings is 1. The maximum atomic E-state index is 13.0. The van der Waals surface area contributed by atoms with Gasteiger partial charge in [0.15, 0.2) is 0 Å². The molecule has 1 N–H and O–H groups in total. The first kappa shape index (κ1) is 17.9. The normalized spacial score (nSPS) is 25.8. The lowest BCUT2D eigenvalue weighted by molar-refractivity contribution is -0.143. The van der Waals surface area contributed by atoms with Crippen LogP contribution >= 0.6 is 0 Å². The molecule has 0 aromatic heterocycles. The molecule has 0 bridgehead atoms. The molecule has 1 aromatic rings. The molecule has 2 atom stereocenters. The van der Waals surface area contributed by atoms with Gasteiger partial charge in [-0.15, -0.1) is 0 Å².